The molecule has 2 aromatic heterocycles. The van der Waals surface area contributed by atoms with Gasteiger partial charge in [-0.25, -0.2) is 4.98 Å². The molecule has 0 aliphatic carbocycles. The Kier molecular flexibility index (Phi) is 4.09. The lowest BCUT2D eigenvalue weighted by Gasteiger charge is -2.39. The lowest BCUT2D eigenvalue weighted by molar-refractivity contribution is 0.200. The van der Waals surface area contributed by atoms with Crippen LogP contribution in [0.1, 0.15) is 23.2 Å². The number of hydrogen-bond donors (Lipinski definition) is 1. The van der Waals surface area contributed by atoms with Crippen LogP contribution in [0, 0.1) is 23.7 Å². The predicted octanol–water partition coefficient (Wildman–Crippen LogP) is 4.35. The molecule has 2 fully saturated rings. The van der Waals surface area contributed by atoms with Crippen LogP contribution in [0.25, 0.3) is 28.3 Å². The molecule has 2 saturated heterocycles. The van der Waals surface area contributed by atoms with Gasteiger partial charge >= 0.3 is 0 Å². The largest absolute Gasteiger partial charge is 0.371 e. The van der Waals surface area contributed by atoms with Crippen LogP contribution in [0.15, 0.2) is 60.9 Å². The van der Waals surface area contributed by atoms with E-state index < -0.39 is 0 Å². The van der Waals surface area contributed by atoms with Gasteiger partial charge in [0.25, 0.3) is 0 Å². The van der Waals surface area contributed by atoms with E-state index >= 15 is 0 Å². The third kappa shape index (κ3) is 2.94. The number of aryl methyl sites for hydroxylation is 1. The molecule has 0 radical (unpaired) electrons. The lowest BCUT2D eigenvalue weighted by atomic mass is 9.81. The summed E-state index contributed by atoms with van der Waals surface area (Å²) in [5.41, 5.74) is 9.38. The molecule has 2 aromatic carbocycles. The van der Waals surface area contributed by atoms with Crippen molar-refractivity contribution in [2.24, 2.45) is 5.41 Å². The summed E-state index contributed by atoms with van der Waals surface area (Å²) in [6.45, 7) is 7.44. The number of aromatic nitrogens is 3. The molecule has 0 saturated carbocycles. The topological polar surface area (TPSA) is 61.8 Å². The summed E-state index contributed by atoms with van der Waals surface area (Å²) in [5.74, 6) is 0.976. The number of nitrogens with one attached hydrogen (secondary N) is 1. The summed E-state index contributed by atoms with van der Waals surface area (Å²) < 4.78 is 4.57. The summed E-state index contributed by atoms with van der Waals surface area (Å²) in [4.78, 5) is 7.47. The van der Waals surface area contributed by atoms with Crippen LogP contribution in [0.3, 0.4) is 0 Å². The molecular weight excluding hydrogens is 420 g/mol. The molecular formula is C28H26N6. The second kappa shape index (κ2) is 7.09. The normalized spacial score (nSPS) is 17.5. The molecule has 7 rings (SSSR count). The average Bonchev–Trinajstić information content (AvgIpc) is 3.54. The fourth-order valence-electron chi connectivity index (χ4n) is 5.82. The summed E-state index contributed by atoms with van der Waals surface area (Å²) in [6, 6.07) is 19.2. The number of nitriles is 1. The smallest absolute Gasteiger partial charge is 0.161 e. The molecule has 4 aromatic rings. The minimum Gasteiger partial charge on any atom is -0.371 e. The van der Waals surface area contributed by atoms with Gasteiger partial charge in [-0.15, -0.1) is 0 Å². The van der Waals surface area contributed by atoms with Crippen LogP contribution in [0.5, 0.6) is 0 Å². The van der Waals surface area contributed by atoms with Crippen LogP contribution in [0.2, 0.25) is 0 Å². The highest BCUT2D eigenvalue weighted by atomic mass is 15.2. The first-order chi connectivity index (χ1) is 16.6. The maximum atomic E-state index is 9.14. The van der Waals surface area contributed by atoms with Crippen LogP contribution in [0.4, 0.5) is 5.69 Å². The van der Waals surface area contributed by atoms with Gasteiger partial charge in [-0.2, -0.15) is 5.26 Å². The molecule has 0 bridgehead atoms. The van der Waals surface area contributed by atoms with E-state index in [1.54, 1.807) is 0 Å². The Morgan fingerprint density at radius 3 is 2.62 bits per heavy atom. The van der Waals surface area contributed by atoms with Gasteiger partial charge in [-0.1, -0.05) is 12.1 Å². The van der Waals surface area contributed by atoms with Crippen LogP contribution in [-0.2, 0) is 6.54 Å². The first-order valence-corrected chi connectivity index (χ1v) is 12.0. The summed E-state index contributed by atoms with van der Waals surface area (Å²) in [5, 5.41) is 12.6. The summed E-state index contributed by atoms with van der Waals surface area (Å²) in [7, 11) is 0. The van der Waals surface area contributed by atoms with Crippen molar-refractivity contribution < 1.29 is 0 Å². The fourth-order valence-corrected chi connectivity index (χ4v) is 5.82. The maximum absolute atomic E-state index is 9.14. The second-order valence-corrected chi connectivity index (χ2v) is 10.1. The monoisotopic (exact) mass is 446 g/mol. The van der Waals surface area contributed by atoms with Gasteiger partial charge in [-0.3, -0.25) is 4.57 Å². The zero-order chi connectivity index (χ0) is 22.9. The lowest BCUT2D eigenvalue weighted by Crippen LogP contribution is -2.54. The molecule has 5 heterocycles. The first kappa shape index (κ1) is 19.6. The molecule has 0 amide bonds. The van der Waals surface area contributed by atoms with E-state index in [0.29, 0.717) is 11.0 Å². The molecule has 1 N–H and O–H groups in total. The van der Waals surface area contributed by atoms with Crippen LogP contribution in [-0.4, -0.2) is 40.3 Å². The Hall–Kier alpha value is -3.82. The van der Waals surface area contributed by atoms with E-state index in [1.165, 1.54) is 23.4 Å². The number of fused-ring (bicyclic) bond motifs is 5. The van der Waals surface area contributed by atoms with Gasteiger partial charge in [0.2, 0.25) is 0 Å². The highest BCUT2D eigenvalue weighted by molar-refractivity contribution is 5.72. The van der Waals surface area contributed by atoms with Crippen molar-refractivity contribution in [3.8, 4) is 34.4 Å². The van der Waals surface area contributed by atoms with Crippen molar-refractivity contribution in [3.05, 3.63) is 77.7 Å². The number of rotatable bonds is 2. The van der Waals surface area contributed by atoms with E-state index in [9.17, 15) is 0 Å². The molecule has 3 aliphatic heterocycles. The molecule has 34 heavy (non-hydrogen) atoms. The highest BCUT2D eigenvalue weighted by Crippen LogP contribution is 2.39. The Morgan fingerprint density at radius 1 is 1.03 bits per heavy atom. The fraction of sp³-hybridized carbons (Fsp3) is 0.286. The molecule has 0 unspecified atom stereocenters. The number of nitrogens with zero attached hydrogens (tertiary/aromatic N) is 5. The minimum atomic E-state index is 0.477. The van der Waals surface area contributed by atoms with Crippen molar-refractivity contribution in [2.45, 2.75) is 19.9 Å². The third-order valence-electron chi connectivity index (χ3n) is 7.77. The third-order valence-corrected chi connectivity index (χ3v) is 7.77. The van der Waals surface area contributed by atoms with Crippen molar-refractivity contribution in [1.29, 1.82) is 5.26 Å². The van der Waals surface area contributed by atoms with Crippen molar-refractivity contribution in [3.63, 3.8) is 0 Å². The summed E-state index contributed by atoms with van der Waals surface area (Å²) >= 11 is 0. The number of hydrogen-bond acceptors (Lipinski definition) is 4. The molecule has 1 spiro atoms. The maximum Gasteiger partial charge on any atom is 0.161 e. The standard InChI is InChI=1S/C28H26N6/c1-19-13-34-25-7-6-24(32-9-8-28(18-32)16-30-17-28)10-23(25)15-33-14-22(11-26(33)27(34)31-19)21-4-2-20(12-29)3-5-21/h2-7,10-11,13-14,30H,8-9,15-18H2,1H3. The first-order valence-electron chi connectivity index (χ1n) is 12.0. The van der Waals surface area contributed by atoms with Crippen molar-refractivity contribution in [1.82, 2.24) is 19.4 Å². The van der Waals surface area contributed by atoms with Gasteiger partial charge in [-0.05, 0) is 60.9 Å². The Labute approximate surface area is 199 Å². The van der Waals surface area contributed by atoms with Crippen molar-refractivity contribution >= 4 is 5.69 Å². The number of benzene rings is 2. The van der Waals surface area contributed by atoms with E-state index in [-0.39, 0.29) is 0 Å². The average molecular weight is 447 g/mol. The van der Waals surface area contributed by atoms with Gasteiger partial charge < -0.3 is 14.8 Å². The number of imidazole rings is 1. The van der Waals surface area contributed by atoms with Crippen molar-refractivity contribution in [2.75, 3.05) is 31.1 Å². The SMILES string of the molecule is Cc1cn2c(n1)-c1cc(-c3ccc(C#N)cc3)cn1Cc1cc(N3CCC4(CNC4)C3)ccc1-2. The number of anilines is 1. The van der Waals surface area contributed by atoms with Gasteiger partial charge in [0, 0.05) is 61.8 Å². The molecule has 6 nitrogen and oxygen atoms in total. The van der Waals surface area contributed by atoms with Crippen LogP contribution < -0.4 is 10.2 Å². The van der Waals surface area contributed by atoms with Gasteiger partial charge in [0.05, 0.1) is 28.7 Å². The van der Waals surface area contributed by atoms with E-state index in [0.717, 1.165) is 61.1 Å². The zero-order valence-electron chi connectivity index (χ0n) is 19.3. The Bertz CT molecular complexity index is 1460. The van der Waals surface area contributed by atoms with E-state index in [4.69, 9.17) is 10.2 Å². The van der Waals surface area contributed by atoms with E-state index in [1.807, 2.05) is 24.3 Å². The van der Waals surface area contributed by atoms with E-state index in [2.05, 4.69) is 69.0 Å². The van der Waals surface area contributed by atoms with Crippen LogP contribution >= 0.6 is 0 Å². The minimum absolute atomic E-state index is 0.477. The predicted molar refractivity (Wildman–Crippen MR) is 133 cm³/mol. The summed E-state index contributed by atoms with van der Waals surface area (Å²) in [6.07, 6.45) is 5.64. The molecule has 3 aliphatic rings. The zero-order valence-corrected chi connectivity index (χ0v) is 19.3. The quantitative estimate of drug-likeness (QED) is 0.438. The molecule has 6 heteroatoms. The highest BCUT2D eigenvalue weighted by Gasteiger charge is 2.43. The molecule has 0 atom stereocenters. The van der Waals surface area contributed by atoms with Gasteiger partial charge in [0.1, 0.15) is 0 Å². The molecule has 168 valence electrons. The second-order valence-electron chi connectivity index (χ2n) is 10.1. The Balaban J connectivity index is 1.31. The van der Waals surface area contributed by atoms with Gasteiger partial charge in [0.15, 0.2) is 5.82 Å². The Morgan fingerprint density at radius 2 is 1.88 bits per heavy atom.